The highest BCUT2D eigenvalue weighted by molar-refractivity contribution is 6.06. The monoisotopic (exact) mass is 441 g/mol. The number of carbonyl (C=O) groups excluding carboxylic acids is 1. The molecule has 0 bridgehead atoms. The summed E-state index contributed by atoms with van der Waals surface area (Å²) >= 11 is 0. The van der Waals surface area contributed by atoms with Crippen molar-refractivity contribution in [2.45, 2.75) is 27.3 Å². The van der Waals surface area contributed by atoms with Crippen LogP contribution in [0, 0.1) is 30.9 Å². The minimum atomic E-state index is -0.533. The Morgan fingerprint density at radius 3 is 2.52 bits per heavy atom. The van der Waals surface area contributed by atoms with Gasteiger partial charge < -0.3 is 9.88 Å². The number of aryl methyl sites for hydroxylation is 2. The number of fused-ring (bicyclic) bond motifs is 1. The van der Waals surface area contributed by atoms with Gasteiger partial charge in [-0.25, -0.2) is 0 Å². The first-order chi connectivity index (χ1) is 15.7. The summed E-state index contributed by atoms with van der Waals surface area (Å²) in [6, 6.07) is 18.8. The number of non-ortho nitro benzene ring substituents is 1. The molecule has 0 unspecified atom stereocenters. The van der Waals surface area contributed by atoms with Crippen molar-refractivity contribution in [3.63, 3.8) is 0 Å². The number of nitrogens with one attached hydrogen (secondary N) is 1. The highest BCUT2D eigenvalue weighted by Crippen LogP contribution is 2.27. The number of aromatic amines is 1. The lowest BCUT2D eigenvalue weighted by Crippen LogP contribution is -2.33. The second kappa shape index (κ2) is 8.70. The SMILES string of the molecule is Cc1ccc2cc(CN(C(=O)c3cccc([N+](=O)[O-])c3)c3cccc(C)c3C)c(=O)[nH]c2c1. The smallest absolute Gasteiger partial charge is 0.270 e. The molecule has 0 saturated heterocycles. The molecule has 1 heterocycles. The Bertz CT molecular complexity index is 1460. The van der Waals surface area contributed by atoms with Gasteiger partial charge >= 0.3 is 0 Å². The largest absolute Gasteiger partial charge is 0.322 e. The van der Waals surface area contributed by atoms with Crippen molar-refractivity contribution in [2.24, 2.45) is 0 Å². The Balaban J connectivity index is 1.83. The van der Waals surface area contributed by atoms with E-state index in [-0.39, 0.29) is 23.4 Å². The first-order valence-corrected chi connectivity index (χ1v) is 10.5. The third-order valence-corrected chi connectivity index (χ3v) is 5.82. The number of rotatable bonds is 5. The summed E-state index contributed by atoms with van der Waals surface area (Å²) in [5, 5.41) is 12.1. The predicted molar refractivity (Wildman–Crippen MR) is 129 cm³/mol. The predicted octanol–water partition coefficient (Wildman–Crippen LogP) is 5.21. The lowest BCUT2D eigenvalue weighted by Gasteiger charge is -2.25. The molecule has 0 saturated carbocycles. The molecule has 0 atom stereocenters. The highest BCUT2D eigenvalue weighted by atomic mass is 16.6. The average Bonchev–Trinajstić information content (AvgIpc) is 2.79. The first-order valence-electron chi connectivity index (χ1n) is 10.5. The summed E-state index contributed by atoms with van der Waals surface area (Å²) in [5.41, 5.74) is 4.45. The standard InChI is InChI=1S/C26H23N3O4/c1-16-10-11-19-13-21(25(30)27-23(19)12-16)15-28(24-9-4-6-17(2)18(24)3)26(31)20-7-5-8-22(14-20)29(32)33/h4-14H,15H2,1-3H3,(H,27,30). The normalized spacial score (nSPS) is 10.9. The number of nitrogens with zero attached hydrogens (tertiary/aromatic N) is 2. The Morgan fingerprint density at radius 2 is 1.76 bits per heavy atom. The lowest BCUT2D eigenvalue weighted by atomic mass is 10.0. The second-order valence-corrected chi connectivity index (χ2v) is 8.13. The maximum atomic E-state index is 13.6. The number of carbonyl (C=O) groups is 1. The van der Waals surface area contributed by atoms with E-state index in [0.717, 1.165) is 27.6 Å². The number of nitro groups is 1. The third-order valence-electron chi connectivity index (χ3n) is 5.82. The van der Waals surface area contributed by atoms with Gasteiger partial charge in [-0.2, -0.15) is 0 Å². The van der Waals surface area contributed by atoms with E-state index < -0.39 is 10.8 Å². The van der Waals surface area contributed by atoms with Crippen LogP contribution in [0.3, 0.4) is 0 Å². The number of aromatic nitrogens is 1. The molecule has 166 valence electrons. The minimum absolute atomic E-state index is 0.0188. The van der Waals surface area contributed by atoms with Crippen molar-refractivity contribution < 1.29 is 9.72 Å². The van der Waals surface area contributed by atoms with Gasteiger partial charge in [0.1, 0.15) is 0 Å². The molecule has 1 aromatic heterocycles. The molecule has 0 radical (unpaired) electrons. The Labute approximate surface area is 190 Å². The van der Waals surface area contributed by atoms with E-state index in [0.29, 0.717) is 11.3 Å². The van der Waals surface area contributed by atoms with Gasteiger partial charge in [0.25, 0.3) is 17.2 Å². The molecule has 0 fully saturated rings. The molecule has 0 aliphatic carbocycles. The molecule has 7 nitrogen and oxygen atoms in total. The minimum Gasteiger partial charge on any atom is -0.322 e. The van der Waals surface area contributed by atoms with Crippen LogP contribution in [0.4, 0.5) is 11.4 Å². The van der Waals surface area contributed by atoms with Crippen LogP contribution in [0.2, 0.25) is 0 Å². The maximum absolute atomic E-state index is 13.6. The molecule has 4 aromatic rings. The van der Waals surface area contributed by atoms with Gasteiger partial charge in [0.05, 0.1) is 11.5 Å². The van der Waals surface area contributed by atoms with Crippen molar-refractivity contribution >= 4 is 28.2 Å². The average molecular weight is 441 g/mol. The number of amides is 1. The van der Waals surface area contributed by atoms with Crippen molar-refractivity contribution in [3.8, 4) is 0 Å². The van der Waals surface area contributed by atoms with E-state index in [4.69, 9.17) is 0 Å². The molecular weight excluding hydrogens is 418 g/mol. The van der Waals surface area contributed by atoms with Crippen LogP contribution in [0.1, 0.15) is 32.6 Å². The van der Waals surface area contributed by atoms with Crippen LogP contribution in [0.5, 0.6) is 0 Å². The highest BCUT2D eigenvalue weighted by Gasteiger charge is 2.23. The van der Waals surface area contributed by atoms with Gasteiger partial charge in [-0.15, -0.1) is 0 Å². The summed E-state index contributed by atoms with van der Waals surface area (Å²) in [6.07, 6.45) is 0. The van der Waals surface area contributed by atoms with Crippen LogP contribution < -0.4 is 10.5 Å². The number of benzene rings is 3. The van der Waals surface area contributed by atoms with Gasteiger partial charge in [0.2, 0.25) is 0 Å². The van der Waals surface area contributed by atoms with Crippen LogP contribution in [0.25, 0.3) is 10.9 Å². The van der Waals surface area contributed by atoms with E-state index in [9.17, 15) is 19.7 Å². The molecule has 0 aliphatic heterocycles. The zero-order valence-electron chi connectivity index (χ0n) is 18.6. The van der Waals surface area contributed by atoms with E-state index in [1.54, 1.807) is 12.1 Å². The van der Waals surface area contributed by atoms with Gasteiger partial charge in [-0.05, 0) is 67.1 Å². The summed E-state index contributed by atoms with van der Waals surface area (Å²) in [5.74, 6) is -0.421. The van der Waals surface area contributed by atoms with Crippen LogP contribution in [-0.2, 0) is 6.54 Å². The Morgan fingerprint density at radius 1 is 1.00 bits per heavy atom. The van der Waals surface area contributed by atoms with Gasteiger partial charge in [-0.1, -0.05) is 30.3 Å². The molecule has 4 rings (SSSR count). The molecule has 33 heavy (non-hydrogen) atoms. The summed E-state index contributed by atoms with van der Waals surface area (Å²) in [4.78, 5) is 41.6. The first kappa shape index (κ1) is 22.0. The topological polar surface area (TPSA) is 96.3 Å². The van der Waals surface area contributed by atoms with E-state index in [1.807, 2.05) is 57.2 Å². The fraction of sp³-hybridized carbons (Fsp3) is 0.154. The second-order valence-electron chi connectivity index (χ2n) is 8.13. The van der Waals surface area contributed by atoms with Crippen LogP contribution in [0.15, 0.2) is 71.5 Å². The maximum Gasteiger partial charge on any atom is 0.270 e. The van der Waals surface area contributed by atoms with E-state index in [1.165, 1.54) is 23.1 Å². The van der Waals surface area contributed by atoms with Crippen molar-refractivity contribution in [2.75, 3.05) is 4.90 Å². The lowest BCUT2D eigenvalue weighted by molar-refractivity contribution is -0.384. The molecule has 0 aliphatic rings. The number of H-pyrrole nitrogens is 1. The van der Waals surface area contributed by atoms with Gasteiger partial charge in [-0.3, -0.25) is 19.7 Å². The van der Waals surface area contributed by atoms with Crippen LogP contribution in [-0.4, -0.2) is 15.8 Å². The van der Waals surface area contributed by atoms with Crippen molar-refractivity contribution in [3.05, 3.63) is 115 Å². The number of pyridine rings is 1. The molecule has 1 amide bonds. The molecule has 0 spiro atoms. The van der Waals surface area contributed by atoms with Gasteiger partial charge in [0, 0.05) is 34.5 Å². The Kier molecular flexibility index (Phi) is 5.79. The summed E-state index contributed by atoms with van der Waals surface area (Å²) in [6.45, 7) is 5.82. The Hall–Kier alpha value is -4.26. The quantitative estimate of drug-likeness (QED) is 0.340. The van der Waals surface area contributed by atoms with Crippen molar-refractivity contribution in [1.82, 2.24) is 4.98 Å². The molecule has 7 heteroatoms. The van der Waals surface area contributed by atoms with Crippen LogP contribution >= 0.6 is 0 Å². The summed E-state index contributed by atoms with van der Waals surface area (Å²) < 4.78 is 0. The van der Waals surface area contributed by atoms with E-state index in [2.05, 4.69) is 4.98 Å². The van der Waals surface area contributed by atoms with Crippen molar-refractivity contribution in [1.29, 1.82) is 0 Å². The number of nitro benzene ring substituents is 1. The zero-order valence-corrected chi connectivity index (χ0v) is 18.6. The third kappa shape index (κ3) is 4.39. The zero-order chi connectivity index (χ0) is 23.7. The number of hydrogen-bond acceptors (Lipinski definition) is 4. The molecule has 3 aromatic carbocycles. The summed E-state index contributed by atoms with van der Waals surface area (Å²) in [7, 11) is 0. The fourth-order valence-electron chi connectivity index (χ4n) is 3.85. The fourth-order valence-corrected chi connectivity index (χ4v) is 3.85. The number of anilines is 1. The molecule has 1 N–H and O–H groups in total. The van der Waals surface area contributed by atoms with E-state index >= 15 is 0 Å². The molecular formula is C26H23N3O4. The van der Waals surface area contributed by atoms with Gasteiger partial charge in [0.15, 0.2) is 0 Å². The number of hydrogen-bond donors (Lipinski definition) is 1.